The number of amides is 1. The molecular weight excluding hydrogens is 342 g/mol. The molecule has 4 rings (SSSR count). The average Bonchev–Trinajstić information content (AvgIpc) is 3.17. The molecule has 2 aromatic heterocycles. The van der Waals surface area contributed by atoms with Gasteiger partial charge in [0.15, 0.2) is 0 Å². The lowest BCUT2D eigenvalue weighted by atomic mass is 9.95. The van der Waals surface area contributed by atoms with Gasteiger partial charge < -0.3 is 10.2 Å². The summed E-state index contributed by atoms with van der Waals surface area (Å²) in [5.74, 6) is 0.340. The number of benzene rings is 1. The molecule has 1 aromatic carbocycles. The Morgan fingerprint density at radius 1 is 1.23 bits per heavy atom. The van der Waals surface area contributed by atoms with E-state index in [0.717, 1.165) is 42.0 Å². The summed E-state index contributed by atoms with van der Waals surface area (Å²) in [5, 5.41) is 6.28. The second-order valence-electron chi connectivity index (χ2n) is 6.69. The van der Waals surface area contributed by atoms with Crippen LogP contribution in [0.3, 0.4) is 0 Å². The van der Waals surface area contributed by atoms with E-state index in [4.69, 9.17) is 4.98 Å². The van der Waals surface area contributed by atoms with Crippen LogP contribution in [0.15, 0.2) is 47.8 Å². The number of hydrogen-bond donors (Lipinski definition) is 1. The van der Waals surface area contributed by atoms with E-state index in [1.54, 1.807) is 11.3 Å². The van der Waals surface area contributed by atoms with Gasteiger partial charge in [-0.2, -0.15) is 0 Å². The Kier molecular flexibility index (Phi) is 4.89. The number of thiophene rings is 1. The minimum atomic E-state index is 0.139. The lowest BCUT2D eigenvalue weighted by Crippen LogP contribution is -2.40. The van der Waals surface area contributed by atoms with E-state index in [1.165, 1.54) is 11.1 Å². The zero-order valence-corrected chi connectivity index (χ0v) is 15.8. The van der Waals surface area contributed by atoms with Crippen LogP contribution >= 0.6 is 11.3 Å². The molecule has 4 nitrogen and oxygen atoms in total. The number of rotatable bonds is 4. The van der Waals surface area contributed by atoms with Gasteiger partial charge in [0.2, 0.25) is 5.91 Å². The zero-order chi connectivity index (χ0) is 17.9. The maximum atomic E-state index is 12.1. The highest BCUT2D eigenvalue weighted by Crippen LogP contribution is 2.35. The first-order valence-corrected chi connectivity index (χ1v) is 10.1. The molecule has 0 unspecified atom stereocenters. The third-order valence-electron chi connectivity index (χ3n) is 5.04. The third-order valence-corrected chi connectivity index (χ3v) is 5.85. The van der Waals surface area contributed by atoms with Gasteiger partial charge in [-0.3, -0.25) is 4.79 Å². The smallest absolute Gasteiger partial charge is 0.223 e. The predicted molar refractivity (Wildman–Crippen MR) is 109 cm³/mol. The van der Waals surface area contributed by atoms with Crippen molar-refractivity contribution in [1.29, 1.82) is 0 Å². The standard InChI is InChI=1S/C21H23N3OS/c1-2-22-20(25)16-8-11-24(12-9-16)19-14-18(15-6-4-3-5-7-15)23-21-17(19)10-13-26-21/h3-7,10,13-14,16H,2,8-9,11-12H2,1H3,(H,22,25). The van der Waals surface area contributed by atoms with Crippen LogP contribution in [0.1, 0.15) is 19.8 Å². The van der Waals surface area contributed by atoms with Gasteiger partial charge in [-0.25, -0.2) is 4.98 Å². The molecular formula is C21H23N3OS. The minimum absolute atomic E-state index is 0.139. The predicted octanol–water partition coefficient (Wildman–Crippen LogP) is 4.32. The van der Waals surface area contributed by atoms with E-state index in [-0.39, 0.29) is 11.8 Å². The van der Waals surface area contributed by atoms with Crippen LogP contribution in [0.25, 0.3) is 21.5 Å². The zero-order valence-electron chi connectivity index (χ0n) is 14.9. The summed E-state index contributed by atoms with van der Waals surface area (Å²) in [6.07, 6.45) is 1.81. The molecule has 0 spiro atoms. The molecule has 1 aliphatic heterocycles. The number of pyridine rings is 1. The summed E-state index contributed by atoms with van der Waals surface area (Å²) in [6, 6.07) is 14.7. The molecule has 1 fully saturated rings. The molecule has 3 heterocycles. The Bertz CT molecular complexity index is 898. The number of nitrogens with one attached hydrogen (secondary N) is 1. The van der Waals surface area contributed by atoms with Crippen molar-refractivity contribution in [2.24, 2.45) is 5.92 Å². The molecule has 1 saturated heterocycles. The molecule has 1 amide bonds. The molecule has 0 bridgehead atoms. The number of aromatic nitrogens is 1. The van der Waals surface area contributed by atoms with Crippen molar-refractivity contribution < 1.29 is 4.79 Å². The largest absolute Gasteiger partial charge is 0.371 e. The molecule has 0 saturated carbocycles. The van der Waals surface area contributed by atoms with Gasteiger partial charge in [-0.15, -0.1) is 11.3 Å². The van der Waals surface area contributed by atoms with E-state index in [1.807, 2.05) is 25.1 Å². The van der Waals surface area contributed by atoms with Gasteiger partial charge in [-0.1, -0.05) is 30.3 Å². The highest BCUT2D eigenvalue weighted by atomic mass is 32.1. The van der Waals surface area contributed by atoms with Crippen LogP contribution in [0.2, 0.25) is 0 Å². The molecule has 0 aliphatic carbocycles. The fourth-order valence-electron chi connectivity index (χ4n) is 3.65. The molecule has 5 heteroatoms. The molecule has 1 aliphatic rings. The van der Waals surface area contributed by atoms with Crippen LogP contribution in [0.5, 0.6) is 0 Å². The SMILES string of the molecule is CCNC(=O)C1CCN(c2cc(-c3ccccc3)nc3sccc23)CC1. The van der Waals surface area contributed by atoms with Crippen molar-refractivity contribution in [1.82, 2.24) is 10.3 Å². The van der Waals surface area contributed by atoms with E-state index >= 15 is 0 Å². The summed E-state index contributed by atoms with van der Waals surface area (Å²) in [6.45, 7) is 4.50. The molecule has 26 heavy (non-hydrogen) atoms. The summed E-state index contributed by atoms with van der Waals surface area (Å²) in [4.78, 5) is 20.5. The summed E-state index contributed by atoms with van der Waals surface area (Å²) < 4.78 is 0. The molecule has 0 atom stereocenters. The van der Waals surface area contributed by atoms with E-state index in [0.29, 0.717) is 6.54 Å². The van der Waals surface area contributed by atoms with E-state index in [9.17, 15) is 4.79 Å². The Hall–Kier alpha value is -2.40. The Morgan fingerprint density at radius 2 is 2.00 bits per heavy atom. The van der Waals surface area contributed by atoms with Crippen LogP contribution in [-0.2, 0) is 4.79 Å². The molecule has 3 aromatic rings. The van der Waals surface area contributed by atoms with Gasteiger partial charge in [0.25, 0.3) is 0 Å². The highest BCUT2D eigenvalue weighted by Gasteiger charge is 2.26. The number of anilines is 1. The number of carbonyl (C=O) groups excluding carboxylic acids is 1. The minimum Gasteiger partial charge on any atom is -0.371 e. The first-order valence-electron chi connectivity index (χ1n) is 9.22. The Morgan fingerprint density at radius 3 is 2.73 bits per heavy atom. The normalized spacial score (nSPS) is 15.3. The number of piperidine rings is 1. The summed E-state index contributed by atoms with van der Waals surface area (Å²) in [7, 11) is 0. The highest BCUT2D eigenvalue weighted by molar-refractivity contribution is 7.16. The molecule has 134 valence electrons. The van der Waals surface area contributed by atoms with Gasteiger partial charge in [-0.05, 0) is 37.3 Å². The second-order valence-corrected chi connectivity index (χ2v) is 7.58. The number of hydrogen-bond acceptors (Lipinski definition) is 4. The maximum Gasteiger partial charge on any atom is 0.223 e. The van der Waals surface area contributed by atoms with Gasteiger partial charge >= 0.3 is 0 Å². The Balaban J connectivity index is 1.62. The van der Waals surface area contributed by atoms with Crippen molar-refractivity contribution >= 4 is 33.1 Å². The summed E-state index contributed by atoms with van der Waals surface area (Å²) >= 11 is 1.68. The summed E-state index contributed by atoms with van der Waals surface area (Å²) in [5.41, 5.74) is 3.40. The van der Waals surface area contributed by atoms with Crippen LogP contribution in [-0.4, -0.2) is 30.5 Å². The van der Waals surface area contributed by atoms with E-state index < -0.39 is 0 Å². The van der Waals surface area contributed by atoms with Crippen LogP contribution in [0, 0.1) is 5.92 Å². The van der Waals surface area contributed by atoms with Gasteiger partial charge in [0.05, 0.1) is 5.69 Å². The maximum absolute atomic E-state index is 12.1. The number of carbonyl (C=O) groups is 1. The van der Waals surface area contributed by atoms with Gasteiger partial charge in [0, 0.05) is 42.2 Å². The van der Waals surface area contributed by atoms with Crippen molar-refractivity contribution in [3.8, 4) is 11.3 Å². The second kappa shape index (κ2) is 7.46. The third kappa shape index (κ3) is 3.31. The molecule has 1 N–H and O–H groups in total. The lowest BCUT2D eigenvalue weighted by Gasteiger charge is -2.33. The Labute approximate surface area is 157 Å². The van der Waals surface area contributed by atoms with Crippen LogP contribution in [0.4, 0.5) is 5.69 Å². The van der Waals surface area contributed by atoms with Crippen molar-refractivity contribution in [3.05, 3.63) is 47.8 Å². The molecule has 0 radical (unpaired) electrons. The topological polar surface area (TPSA) is 45.2 Å². The fourth-order valence-corrected chi connectivity index (χ4v) is 4.43. The first kappa shape index (κ1) is 17.0. The van der Waals surface area contributed by atoms with Crippen molar-refractivity contribution in [2.75, 3.05) is 24.5 Å². The lowest BCUT2D eigenvalue weighted by molar-refractivity contribution is -0.125. The first-order chi connectivity index (χ1) is 12.8. The number of fused-ring (bicyclic) bond motifs is 1. The number of nitrogens with zero attached hydrogens (tertiary/aromatic N) is 2. The van der Waals surface area contributed by atoms with E-state index in [2.05, 4.69) is 39.9 Å². The van der Waals surface area contributed by atoms with Crippen LogP contribution < -0.4 is 10.2 Å². The fraction of sp³-hybridized carbons (Fsp3) is 0.333. The average molecular weight is 366 g/mol. The van der Waals surface area contributed by atoms with Crippen molar-refractivity contribution in [3.63, 3.8) is 0 Å². The quantitative estimate of drug-likeness (QED) is 0.749. The van der Waals surface area contributed by atoms with Gasteiger partial charge in [0.1, 0.15) is 4.83 Å². The van der Waals surface area contributed by atoms with Crippen molar-refractivity contribution in [2.45, 2.75) is 19.8 Å². The monoisotopic (exact) mass is 365 g/mol.